The third kappa shape index (κ3) is 6.75. The zero-order valence-electron chi connectivity index (χ0n) is 15.1. The number of carbonyl (C=O) groups excluding carboxylic acids is 1. The largest absolute Gasteiger partial charge is 0.494 e. The summed E-state index contributed by atoms with van der Waals surface area (Å²) in [6.07, 6.45) is 0.407. The summed E-state index contributed by atoms with van der Waals surface area (Å²) in [5.41, 5.74) is 1.10. The van der Waals surface area contributed by atoms with Gasteiger partial charge in [-0.05, 0) is 49.0 Å². The maximum atomic E-state index is 11.6. The van der Waals surface area contributed by atoms with Crippen molar-refractivity contribution in [1.29, 1.82) is 0 Å². The number of nitrogens with zero attached hydrogens (tertiary/aromatic N) is 1. The lowest BCUT2D eigenvalue weighted by molar-refractivity contribution is 0.172. The number of nitrogens with one attached hydrogen (secondary N) is 1. The number of benzene rings is 2. The smallest absolute Gasteiger partial charge is 0.414 e. The van der Waals surface area contributed by atoms with Crippen molar-refractivity contribution >= 4 is 30.1 Å². The fourth-order valence-electron chi connectivity index (χ4n) is 2.26. The van der Waals surface area contributed by atoms with Crippen LogP contribution >= 0.6 is 24.0 Å². The van der Waals surface area contributed by atoms with E-state index in [0.717, 1.165) is 17.7 Å². The van der Waals surface area contributed by atoms with Crippen LogP contribution in [-0.2, 0) is 0 Å². The first-order valence-corrected chi connectivity index (χ1v) is 8.42. The van der Waals surface area contributed by atoms with Gasteiger partial charge in [-0.3, -0.25) is 0 Å². The molecule has 0 heterocycles. The Bertz CT molecular complexity index is 676. The summed E-state index contributed by atoms with van der Waals surface area (Å²) in [7, 11) is 5.20. The predicted molar refractivity (Wildman–Crippen MR) is 107 cm³/mol. The summed E-state index contributed by atoms with van der Waals surface area (Å²) in [6.45, 7) is 0.574. The molecular formula is C19H24Cl2N2O3. The van der Waals surface area contributed by atoms with E-state index in [1.807, 2.05) is 31.3 Å². The van der Waals surface area contributed by atoms with Gasteiger partial charge >= 0.3 is 6.09 Å². The van der Waals surface area contributed by atoms with Crippen molar-refractivity contribution in [3.05, 3.63) is 59.1 Å². The molecule has 1 N–H and O–H groups in total. The molecular weight excluding hydrogens is 375 g/mol. The van der Waals surface area contributed by atoms with Gasteiger partial charge in [-0.25, -0.2) is 4.79 Å². The highest BCUT2D eigenvalue weighted by molar-refractivity contribution is 6.30. The molecule has 0 spiro atoms. The molecule has 0 saturated heterocycles. The number of halogens is 2. The summed E-state index contributed by atoms with van der Waals surface area (Å²) < 4.78 is 11.0. The number of amides is 1. The second kappa shape index (κ2) is 10.9. The van der Waals surface area contributed by atoms with Gasteiger partial charge in [0.1, 0.15) is 11.5 Å². The van der Waals surface area contributed by atoms with E-state index in [2.05, 4.69) is 5.32 Å². The average molecular weight is 399 g/mol. The van der Waals surface area contributed by atoms with E-state index in [-0.39, 0.29) is 18.4 Å². The monoisotopic (exact) mass is 398 g/mol. The lowest BCUT2D eigenvalue weighted by Crippen LogP contribution is -2.25. The van der Waals surface area contributed by atoms with Gasteiger partial charge in [0.15, 0.2) is 0 Å². The topological polar surface area (TPSA) is 50.8 Å². The number of rotatable bonds is 7. The van der Waals surface area contributed by atoms with Crippen molar-refractivity contribution in [2.45, 2.75) is 12.5 Å². The van der Waals surface area contributed by atoms with Gasteiger partial charge in [0.05, 0.1) is 6.61 Å². The molecule has 1 amide bonds. The summed E-state index contributed by atoms with van der Waals surface area (Å²) in [6, 6.07) is 14.9. The number of hydrogen-bond donors (Lipinski definition) is 1. The molecule has 2 rings (SSSR count). The van der Waals surface area contributed by atoms with Gasteiger partial charge in [-0.2, -0.15) is 0 Å². The molecule has 1 atom stereocenters. The fourth-order valence-corrected chi connectivity index (χ4v) is 2.39. The van der Waals surface area contributed by atoms with Crippen LogP contribution in [0.25, 0.3) is 0 Å². The van der Waals surface area contributed by atoms with Crippen molar-refractivity contribution < 1.29 is 14.3 Å². The summed E-state index contributed by atoms with van der Waals surface area (Å²) in [5.74, 6) is 1.32. The van der Waals surface area contributed by atoms with Crippen LogP contribution in [0.3, 0.4) is 0 Å². The molecule has 2 aromatic rings. The molecule has 0 aliphatic carbocycles. The van der Waals surface area contributed by atoms with Crippen LogP contribution in [0.15, 0.2) is 48.5 Å². The van der Waals surface area contributed by atoms with Crippen molar-refractivity contribution in [3.8, 4) is 11.5 Å². The van der Waals surface area contributed by atoms with Crippen LogP contribution in [0.2, 0.25) is 5.02 Å². The van der Waals surface area contributed by atoms with Gasteiger partial charge in [-0.1, -0.05) is 23.7 Å². The van der Waals surface area contributed by atoms with Crippen molar-refractivity contribution in [3.63, 3.8) is 0 Å². The quantitative estimate of drug-likeness (QED) is 0.742. The summed E-state index contributed by atoms with van der Waals surface area (Å²) in [4.78, 5) is 12.9. The highest BCUT2D eigenvalue weighted by Crippen LogP contribution is 2.22. The first-order chi connectivity index (χ1) is 12.0. The Morgan fingerprint density at radius 3 is 2.19 bits per heavy atom. The Kier molecular flexibility index (Phi) is 9.27. The van der Waals surface area contributed by atoms with E-state index in [1.165, 1.54) is 4.90 Å². The fraction of sp³-hybridized carbons (Fsp3) is 0.316. The molecule has 0 saturated carbocycles. The van der Waals surface area contributed by atoms with E-state index in [4.69, 9.17) is 21.1 Å². The number of ether oxygens (including phenoxy) is 2. The maximum Gasteiger partial charge on any atom is 0.414 e. The predicted octanol–water partition coefficient (Wildman–Crippen LogP) is 4.55. The van der Waals surface area contributed by atoms with E-state index in [9.17, 15) is 4.79 Å². The normalized spacial score (nSPS) is 11.2. The minimum atomic E-state index is -0.394. The van der Waals surface area contributed by atoms with Crippen LogP contribution in [0.4, 0.5) is 4.79 Å². The number of carbonyl (C=O) groups is 1. The zero-order chi connectivity index (χ0) is 18.2. The highest BCUT2D eigenvalue weighted by atomic mass is 35.5. The zero-order valence-corrected chi connectivity index (χ0v) is 16.6. The Labute approximate surface area is 165 Å². The standard InChI is InChI=1S/C19H23ClN2O3.ClH/c1-21-18(12-13-24-16-10-6-15(20)7-11-16)14-4-8-17(9-5-14)25-19(23)22(2)3;/h4-11,18,21H,12-13H2,1-3H3;1H. The van der Waals surface area contributed by atoms with Crippen molar-refractivity contribution in [2.24, 2.45) is 0 Å². The lowest BCUT2D eigenvalue weighted by atomic mass is 10.0. The number of hydrogen-bond acceptors (Lipinski definition) is 4. The van der Waals surface area contributed by atoms with Crippen molar-refractivity contribution in [1.82, 2.24) is 10.2 Å². The van der Waals surface area contributed by atoms with E-state index < -0.39 is 6.09 Å². The Morgan fingerprint density at radius 2 is 1.65 bits per heavy atom. The Morgan fingerprint density at radius 1 is 1.08 bits per heavy atom. The molecule has 7 heteroatoms. The molecule has 0 bridgehead atoms. The van der Waals surface area contributed by atoms with Gasteiger partial charge in [0.25, 0.3) is 0 Å². The van der Waals surface area contributed by atoms with E-state index in [1.54, 1.807) is 38.4 Å². The summed E-state index contributed by atoms with van der Waals surface area (Å²) in [5, 5.41) is 3.97. The first kappa shape index (κ1) is 22.1. The third-order valence-electron chi connectivity index (χ3n) is 3.69. The molecule has 0 radical (unpaired) electrons. The second-order valence-electron chi connectivity index (χ2n) is 5.76. The minimum absolute atomic E-state index is 0. The Balaban J connectivity index is 0.00000338. The molecule has 0 aromatic heterocycles. The van der Waals surface area contributed by atoms with Crippen LogP contribution in [0.5, 0.6) is 11.5 Å². The first-order valence-electron chi connectivity index (χ1n) is 8.04. The van der Waals surface area contributed by atoms with Crippen LogP contribution < -0.4 is 14.8 Å². The van der Waals surface area contributed by atoms with Gasteiger partial charge in [-0.15, -0.1) is 12.4 Å². The molecule has 142 valence electrons. The lowest BCUT2D eigenvalue weighted by Gasteiger charge is -2.18. The minimum Gasteiger partial charge on any atom is -0.494 e. The third-order valence-corrected chi connectivity index (χ3v) is 3.94. The molecule has 2 aromatic carbocycles. The van der Waals surface area contributed by atoms with E-state index >= 15 is 0 Å². The molecule has 1 unspecified atom stereocenters. The maximum absolute atomic E-state index is 11.6. The SMILES string of the molecule is CNC(CCOc1ccc(Cl)cc1)c1ccc(OC(=O)N(C)C)cc1.Cl. The molecule has 0 aliphatic rings. The molecule has 26 heavy (non-hydrogen) atoms. The molecule has 0 aliphatic heterocycles. The van der Waals surface area contributed by atoms with Crippen LogP contribution in [-0.4, -0.2) is 38.7 Å². The molecule has 0 fully saturated rings. The Hall–Kier alpha value is -1.95. The van der Waals surface area contributed by atoms with Crippen molar-refractivity contribution in [2.75, 3.05) is 27.7 Å². The van der Waals surface area contributed by atoms with Gasteiger partial charge in [0, 0.05) is 31.6 Å². The van der Waals surface area contributed by atoms with Crippen LogP contribution in [0.1, 0.15) is 18.0 Å². The van der Waals surface area contributed by atoms with E-state index in [0.29, 0.717) is 17.4 Å². The molecule has 5 nitrogen and oxygen atoms in total. The summed E-state index contributed by atoms with van der Waals surface area (Å²) >= 11 is 5.86. The highest BCUT2D eigenvalue weighted by Gasteiger charge is 2.11. The van der Waals surface area contributed by atoms with Gasteiger partial charge < -0.3 is 19.7 Å². The van der Waals surface area contributed by atoms with Gasteiger partial charge in [0.2, 0.25) is 0 Å². The second-order valence-corrected chi connectivity index (χ2v) is 6.20. The average Bonchev–Trinajstić information content (AvgIpc) is 2.61. The van der Waals surface area contributed by atoms with Crippen LogP contribution in [0, 0.1) is 0 Å².